The van der Waals surface area contributed by atoms with Crippen molar-refractivity contribution in [2.75, 3.05) is 12.8 Å². The third-order valence-corrected chi connectivity index (χ3v) is 5.62. The van der Waals surface area contributed by atoms with Crippen molar-refractivity contribution in [3.8, 4) is 0 Å². The van der Waals surface area contributed by atoms with E-state index in [9.17, 15) is 9.59 Å². The van der Waals surface area contributed by atoms with Crippen LogP contribution in [0, 0.1) is 13.8 Å². The number of nitrogens with one attached hydrogen (secondary N) is 1. The van der Waals surface area contributed by atoms with E-state index >= 15 is 0 Å². The Bertz CT molecular complexity index is 774. The fraction of sp³-hybridized carbons (Fsp3) is 0.364. The highest BCUT2D eigenvalue weighted by Crippen LogP contribution is 2.17. The Morgan fingerprint density at radius 1 is 1.07 bits per heavy atom. The fourth-order valence-corrected chi connectivity index (χ4v) is 3.66. The van der Waals surface area contributed by atoms with Crippen LogP contribution in [0.25, 0.3) is 0 Å². The van der Waals surface area contributed by atoms with E-state index < -0.39 is 6.04 Å². The van der Waals surface area contributed by atoms with Gasteiger partial charge in [-0.15, -0.1) is 11.8 Å². The van der Waals surface area contributed by atoms with Gasteiger partial charge in [0.25, 0.3) is 0 Å². The minimum Gasteiger partial charge on any atom is -0.357 e. The van der Waals surface area contributed by atoms with Gasteiger partial charge in [0.1, 0.15) is 6.04 Å². The molecule has 0 saturated carbocycles. The molecule has 27 heavy (non-hydrogen) atoms. The molecule has 2 aromatic carbocycles. The zero-order chi connectivity index (χ0) is 19.8. The van der Waals surface area contributed by atoms with Gasteiger partial charge >= 0.3 is 0 Å². The lowest BCUT2D eigenvalue weighted by molar-refractivity contribution is -0.138. The van der Waals surface area contributed by atoms with Gasteiger partial charge in [-0.05, 0) is 37.5 Å². The molecule has 4 nitrogen and oxygen atoms in total. The molecule has 0 aliphatic heterocycles. The predicted molar refractivity (Wildman–Crippen MR) is 113 cm³/mol. The normalized spacial score (nSPS) is 11.7. The molecular weight excluding hydrogens is 356 g/mol. The van der Waals surface area contributed by atoms with Crippen LogP contribution in [-0.2, 0) is 21.9 Å². The van der Waals surface area contributed by atoms with Crippen molar-refractivity contribution in [2.45, 2.75) is 39.1 Å². The van der Waals surface area contributed by atoms with Crippen LogP contribution < -0.4 is 5.32 Å². The van der Waals surface area contributed by atoms with Crippen LogP contribution in [0.2, 0.25) is 0 Å². The van der Waals surface area contributed by atoms with Crippen LogP contribution in [0.4, 0.5) is 0 Å². The van der Waals surface area contributed by atoms with E-state index in [2.05, 4.69) is 36.5 Å². The van der Waals surface area contributed by atoms with Gasteiger partial charge in [-0.3, -0.25) is 9.59 Å². The Labute approximate surface area is 166 Å². The van der Waals surface area contributed by atoms with Crippen molar-refractivity contribution in [3.63, 3.8) is 0 Å². The number of rotatable bonds is 8. The van der Waals surface area contributed by atoms with Crippen LogP contribution in [-0.4, -0.2) is 35.6 Å². The van der Waals surface area contributed by atoms with Gasteiger partial charge in [0, 0.05) is 19.3 Å². The molecule has 0 aliphatic carbocycles. The fourth-order valence-electron chi connectivity index (χ4n) is 2.79. The Balaban J connectivity index is 2.04. The summed E-state index contributed by atoms with van der Waals surface area (Å²) in [7, 11) is 1.60. The maximum atomic E-state index is 12.9. The van der Waals surface area contributed by atoms with Crippen LogP contribution in [0.5, 0.6) is 0 Å². The molecule has 2 amide bonds. The molecule has 0 fully saturated rings. The van der Waals surface area contributed by atoms with Gasteiger partial charge in [-0.1, -0.05) is 54.1 Å². The minimum atomic E-state index is -0.512. The molecule has 5 heteroatoms. The first-order valence-corrected chi connectivity index (χ1v) is 10.3. The maximum Gasteiger partial charge on any atom is 0.242 e. The standard InChI is InChI=1S/C22H28N2O2S/c1-16-9-11-19(12-10-16)14-27-15-21(25)24(18(3)22(26)23-4)13-20-8-6-5-7-17(20)2/h5-12,18H,13-15H2,1-4H3,(H,23,26)/t18-/m1/s1. The molecule has 1 N–H and O–H groups in total. The summed E-state index contributed by atoms with van der Waals surface area (Å²) in [4.78, 5) is 26.7. The lowest BCUT2D eigenvalue weighted by atomic mass is 10.1. The van der Waals surface area contributed by atoms with Gasteiger partial charge in [0.15, 0.2) is 0 Å². The third kappa shape index (κ3) is 6.14. The lowest BCUT2D eigenvalue weighted by Crippen LogP contribution is -2.47. The number of carbonyl (C=O) groups is 2. The summed E-state index contributed by atoms with van der Waals surface area (Å²) >= 11 is 1.58. The van der Waals surface area contributed by atoms with Crippen molar-refractivity contribution in [1.29, 1.82) is 0 Å². The largest absolute Gasteiger partial charge is 0.357 e. The van der Waals surface area contributed by atoms with E-state index in [-0.39, 0.29) is 11.8 Å². The highest BCUT2D eigenvalue weighted by molar-refractivity contribution is 7.99. The second-order valence-electron chi connectivity index (χ2n) is 6.72. The van der Waals surface area contributed by atoms with Gasteiger partial charge < -0.3 is 10.2 Å². The zero-order valence-corrected chi connectivity index (χ0v) is 17.3. The second kappa shape index (κ2) is 10.2. The van der Waals surface area contributed by atoms with Crippen LogP contribution in [0.1, 0.15) is 29.2 Å². The summed E-state index contributed by atoms with van der Waals surface area (Å²) in [6.07, 6.45) is 0. The summed E-state index contributed by atoms with van der Waals surface area (Å²) in [6.45, 7) is 6.30. The molecule has 0 bridgehead atoms. The minimum absolute atomic E-state index is 0.0218. The smallest absolute Gasteiger partial charge is 0.242 e. The van der Waals surface area contributed by atoms with E-state index in [1.807, 2.05) is 31.2 Å². The monoisotopic (exact) mass is 384 g/mol. The number of carbonyl (C=O) groups excluding carboxylic acids is 2. The lowest BCUT2D eigenvalue weighted by Gasteiger charge is -2.29. The average Bonchev–Trinajstić information content (AvgIpc) is 2.67. The van der Waals surface area contributed by atoms with E-state index in [1.165, 1.54) is 11.1 Å². The van der Waals surface area contributed by atoms with Crippen LogP contribution in [0.3, 0.4) is 0 Å². The van der Waals surface area contributed by atoms with Gasteiger partial charge in [0.2, 0.25) is 11.8 Å². The summed E-state index contributed by atoms with van der Waals surface area (Å²) < 4.78 is 0. The molecule has 0 heterocycles. The number of benzene rings is 2. The first kappa shape index (κ1) is 21.0. The summed E-state index contributed by atoms with van der Waals surface area (Å²) in [5.74, 6) is 0.951. The second-order valence-corrected chi connectivity index (χ2v) is 7.70. The van der Waals surface area contributed by atoms with Gasteiger partial charge in [0.05, 0.1) is 5.75 Å². The molecule has 0 spiro atoms. The maximum absolute atomic E-state index is 12.9. The van der Waals surface area contributed by atoms with Crippen molar-refractivity contribution >= 4 is 23.6 Å². The molecule has 2 rings (SSSR count). The Morgan fingerprint density at radius 3 is 2.37 bits per heavy atom. The first-order chi connectivity index (χ1) is 12.9. The number of aryl methyl sites for hydroxylation is 2. The van der Waals surface area contributed by atoms with Gasteiger partial charge in [-0.25, -0.2) is 0 Å². The van der Waals surface area contributed by atoms with E-state index in [4.69, 9.17) is 0 Å². The number of hydrogen-bond donors (Lipinski definition) is 1. The quantitative estimate of drug-likeness (QED) is 0.755. The molecule has 2 aromatic rings. The van der Waals surface area contributed by atoms with E-state index in [0.29, 0.717) is 12.3 Å². The van der Waals surface area contributed by atoms with Crippen molar-refractivity contribution in [2.24, 2.45) is 0 Å². The summed E-state index contributed by atoms with van der Waals surface area (Å²) in [5, 5.41) is 2.65. The molecule has 0 saturated heterocycles. The third-order valence-electron chi connectivity index (χ3n) is 4.63. The predicted octanol–water partition coefficient (Wildman–Crippen LogP) is 3.70. The molecule has 1 atom stereocenters. The molecule has 0 aromatic heterocycles. The number of hydrogen-bond acceptors (Lipinski definition) is 3. The van der Waals surface area contributed by atoms with Gasteiger partial charge in [-0.2, -0.15) is 0 Å². The highest BCUT2D eigenvalue weighted by Gasteiger charge is 2.25. The number of nitrogens with zero attached hydrogens (tertiary/aromatic N) is 1. The molecule has 0 radical (unpaired) electrons. The summed E-state index contributed by atoms with van der Waals surface area (Å²) in [6, 6.07) is 15.8. The Kier molecular flexibility index (Phi) is 7.92. The Morgan fingerprint density at radius 2 is 1.74 bits per heavy atom. The SMILES string of the molecule is CNC(=O)[C@@H](C)N(Cc1ccccc1C)C(=O)CSCc1ccc(C)cc1. The summed E-state index contributed by atoms with van der Waals surface area (Å²) in [5.41, 5.74) is 4.60. The van der Waals surface area contributed by atoms with Crippen molar-refractivity contribution < 1.29 is 9.59 Å². The Hall–Kier alpha value is -2.27. The van der Waals surface area contributed by atoms with Crippen molar-refractivity contribution in [3.05, 3.63) is 70.8 Å². The number of likely N-dealkylation sites (N-methyl/N-ethyl adjacent to an activating group) is 1. The van der Waals surface area contributed by atoms with Crippen molar-refractivity contribution in [1.82, 2.24) is 10.2 Å². The zero-order valence-electron chi connectivity index (χ0n) is 16.5. The topological polar surface area (TPSA) is 49.4 Å². The molecule has 0 aliphatic rings. The van der Waals surface area contributed by atoms with Crippen LogP contribution >= 0.6 is 11.8 Å². The number of thioether (sulfide) groups is 1. The first-order valence-electron chi connectivity index (χ1n) is 9.11. The number of amides is 2. The average molecular weight is 385 g/mol. The van der Waals surface area contributed by atoms with E-state index in [0.717, 1.165) is 16.9 Å². The molecular formula is C22H28N2O2S. The molecule has 0 unspecified atom stereocenters. The van der Waals surface area contributed by atoms with Crippen LogP contribution in [0.15, 0.2) is 48.5 Å². The highest BCUT2D eigenvalue weighted by atomic mass is 32.2. The van der Waals surface area contributed by atoms with E-state index in [1.54, 1.807) is 30.6 Å². The molecule has 144 valence electrons.